The quantitative estimate of drug-likeness (QED) is 0.474. The van der Waals surface area contributed by atoms with Gasteiger partial charge in [0.1, 0.15) is 0 Å². The average Bonchev–Trinajstić information content (AvgIpc) is 1.93. The third kappa shape index (κ3) is 1.31. The molecule has 0 saturated carbocycles. The number of hydrogen-bond acceptors (Lipinski definition) is 3. The highest BCUT2D eigenvalue weighted by Crippen LogP contribution is 2.08. The first-order chi connectivity index (χ1) is 4.63. The topological polar surface area (TPSA) is 9.72 Å². The second kappa shape index (κ2) is 2.86. The molecule has 0 aromatic heterocycles. The first kappa shape index (κ1) is 7.98. The molecule has 0 aromatic carbocycles. The van der Waals surface area contributed by atoms with Gasteiger partial charge in [-0.25, -0.2) is 10.0 Å². The summed E-state index contributed by atoms with van der Waals surface area (Å²) in [5.41, 5.74) is 0. The molecule has 1 heterocycles. The van der Waals surface area contributed by atoms with E-state index < -0.39 is 0 Å². The Bertz CT molecular complexity index is 101. The van der Waals surface area contributed by atoms with Crippen LogP contribution in [0.3, 0.4) is 0 Å². The smallest absolute Gasteiger partial charge is 0.0726 e. The highest BCUT2D eigenvalue weighted by Gasteiger charge is 2.22. The molecule has 0 spiro atoms. The van der Waals surface area contributed by atoms with E-state index >= 15 is 0 Å². The Hall–Kier alpha value is -0.120. The molecular formula is C7H17N3. The van der Waals surface area contributed by atoms with Gasteiger partial charge in [-0.1, -0.05) is 0 Å². The molecule has 1 atom stereocenters. The first-order valence-electron chi connectivity index (χ1n) is 3.77. The van der Waals surface area contributed by atoms with E-state index in [1.165, 1.54) is 6.54 Å². The van der Waals surface area contributed by atoms with Gasteiger partial charge < -0.3 is 0 Å². The predicted molar refractivity (Wildman–Crippen MR) is 42.5 cm³/mol. The minimum atomic E-state index is 0.541. The Balaban J connectivity index is 2.52. The van der Waals surface area contributed by atoms with Crippen molar-refractivity contribution in [2.75, 3.05) is 34.2 Å². The maximum absolute atomic E-state index is 2.35. The molecule has 1 fully saturated rings. The van der Waals surface area contributed by atoms with E-state index in [1.54, 1.807) is 0 Å². The zero-order chi connectivity index (χ0) is 7.72. The van der Waals surface area contributed by atoms with E-state index in [1.807, 2.05) is 0 Å². The molecule has 60 valence electrons. The summed E-state index contributed by atoms with van der Waals surface area (Å²) < 4.78 is 0. The number of hydrogen-bond donors (Lipinski definition) is 0. The minimum absolute atomic E-state index is 0.541. The van der Waals surface area contributed by atoms with Gasteiger partial charge in [0.05, 0.1) is 6.17 Å². The lowest BCUT2D eigenvalue weighted by Gasteiger charge is -2.43. The Morgan fingerprint density at radius 3 is 2.20 bits per heavy atom. The lowest BCUT2D eigenvalue weighted by Crippen LogP contribution is -2.57. The van der Waals surface area contributed by atoms with Crippen LogP contribution in [0.1, 0.15) is 6.92 Å². The fraction of sp³-hybridized carbons (Fsp3) is 1.00. The molecule has 0 aromatic rings. The molecule has 10 heavy (non-hydrogen) atoms. The van der Waals surface area contributed by atoms with Gasteiger partial charge in [0.15, 0.2) is 0 Å². The van der Waals surface area contributed by atoms with Crippen molar-refractivity contribution >= 4 is 0 Å². The molecule has 0 bridgehead atoms. The molecule has 3 nitrogen and oxygen atoms in total. The largest absolute Gasteiger partial charge is 0.289 e. The molecule has 0 amide bonds. The van der Waals surface area contributed by atoms with Crippen molar-refractivity contribution in [3.05, 3.63) is 0 Å². The van der Waals surface area contributed by atoms with Crippen molar-refractivity contribution in [1.29, 1.82) is 0 Å². The summed E-state index contributed by atoms with van der Waals surface area (Å²) in [7, 11) is 6.41. The van der Waals surface area contributed by atoms with Crippen molar-refractivity contribution in [2.24, 2.45) is 0 Å². The third-order valence-electron chi connectivity index (χ3n) is 2.49. The summed E-state index contributed by atoms with van der Waals surface area (Å²) in [4.78, 5) is 2.35. The van der Waals surface area contributed by atoms with E-state index in [9.17, 15) is 0 Å². The molecule has 0 aliphatic carbocycles. The second-order valence-corrected chi connectivity index (χ2v) is 3.07. The fourth-order valence-corrected chi connectivity index (χ4v) is 1.22. The van der Waals surface area contributed by atoms with E-state index in [0.29, 0.717) is 6.17 Å². The van der Waals surface area contributed by atoms with Crippen LogP contribution in [0.15, 0.2) is 0 Å². The molecule has 1 unspecified atom stereocenters. The van der Waals surface area contributed by atoms with Crippen molar-refractivity contribution in [1.82, 2.24) is 14.9 Å². The van der Waals surface area contributed by atoms with Crippen LogP contribution in [0.5, 0.6) is 0 Å². The maximum Gasteiger partial charge on any atom is 0.0726 e. The first-order valence-corrected chi connectivity index (χ1v) is 3.77. The van der Waals surface area contributed by atoms with E-state index in [-0.39, 0.29) is 0 Å². The van der Waals surface area contributed by atoms with Gasteiger partial charge in [-0.2, -0.15) is 0 Å². The molecular weight excluding hydrogens is 126 g/mol. The Morgan fingerprint density at radius 1 is 1.10 bits per heavy atom. The lowest BCUT2D eigenvalue weighted by atomic mass is 10.4. The van der Waals surface area contributed by atoms with Crippen molar-refractivity contribution in [2.45, 2.75) is 13.1 Å². The fourth-order valence-electron chi connectivity index (χ4n) is 1.22. The highest BCUT2D eigenvalue weighted by molar-refractivity contribution is 4.68. The predicted octanol–water partition coefficient (Wildman–Crippen LogP) is 0.0564. The Labute approximate surface area is 63.2 Å². The number of likely N-dealkylation sites (N-methyl/N-ethyl adjacent to an activating group) is 2. The van der Waals surface area contributed by atoms with E-state index in [4.69, 9.17) is 0 Å². The number of hydrazine groups is 1. The van der Waals surface area contributed by atoms with Gasteiger partial charge in [-0.15, -0.1) is 0 Å². The van der Waals surface area contributed by atoms with Crippen LogP contribution in [-0.4, -0.2) is 55.3 Å². The SMILES string of the molecule is CC1N(C)CCN(C)N1C. The van der Waals surface area contributed by atoms with Crippen LogP contribution >= 0.6 is 0 Å². The summed E-state index contributed by atoms with van der Waals surface area (Å²) in [6.07, 6.45) is 0.541. The number of rotatable bonds is 0. The molecule has 0 N–H and O–H groups in total. The van der Waals surface area contributed by atoms with Crippen LogP contribution in [0.25, 0.3) is 0 Å². The molecule has 1 rings (SSSR count). The van der Waals surface area contributed by atoms with Gasteiger partial charge >= 0.3 is 0 Å². The minimum Gasteiger partial charge on any atom is -0.289 e. The zero-order valence-corrected chi connectivity index (χ0v) is 7.33. The molecule has 1 aliphatic heterocycles. The van der Waals surface area contributed by atoms with E-state index in [0.717, 1.165) is 6.54 Å². The van der Waals surface area contributed by atoms with Gasteiger partial charge in [0.2, 0.25) is 0 Å². The molecule has 1 aliphatic rings. The Kier molecular flexibility index (Phi) is 2.28. The van der Waals surface area contributed by atoms with Crippen LogP contribution < -0.4 is 0 Å². The van der Waals surface area contributed by atoms with Crippen molar-refractivity contribution in [3.8, 4) is 0 Å². The summed E-state index contributed by atoms with van der Waals surface area (Å²) in [6.45, 7) is 4.52. The van der Waals surface area contributed by atoms with Crippen LogP contribution in [0, 0.1) is 0 Å². The standard InChI is InChI=1S/C7H17N3/c1-7-8(2)5-6-9(3)10(7)4/h7H,5-6H2,1-4H3. The summed E-state index contributed by atoms with van der Waals surface area (Å²) >= 11 is 0. The summed E-state index contributed by atoms with van der Waals surface area (Å²) in [5, 5.41) is 4.51. The van der Waals surface area contributed by atoms with Crippen molar-refractivity contribution < 1.29 is 0 Å². The summed E-state index contributed by atoms with van der Waals surface area (Å²) in [5.74, 6) is 0. The third-order valence-corrected chi connectivity index (χ3v) is 2.49. The monoisotopic (exact) mass is 143 g/mol. The second-order valence-electron chi connectivity index (χ2n) is 3.07. The maximum atomic E-state index is 2.35. The van der Waals surface area contributed by atoms with Crippen LogP contribution in [0.4, 0.5) is 0 Å². The van der Waals surface area contributed by atoms with Crippen LogP contribution in [-0.2, 0) is 0 Å². The van der Waals surface area contributed by atoms with Crippen LogP contribution in [0.2, 0.25) is 0 Å². The normalized spacial score (nSPS) is 33.0. The molecule has 0 radical (unpaired) electrons. The van der Waals surface area contributed by atoms with Gasteiger partial charge in [-0.05, 0) is 14.0 Å². The average molecular weight is 143 g/mol. The zero-order valence-electron chi connectivity index (χ0n) is 7.33. The van der Waals surface area contributed by atoms with Gasteiger partial charge in [-0.3, -0.25) is 4.90 Å². The van der Waals surface area contributed by atoms with Crippen molar-refractivity contribution in [3.63, 3.8) is 0 Å². The Morgan fingerprint density at radius 2 is 1.70 bits per heavy atom. The van der Waals surface area contributed by atoms with Gasteiger partial charge in [0, 0.05) is 27.2 Å². The summed E-state index contributed by atoms with van der Waals surface area (Å²) in [6, 6.07) is 0. The highest BCUT2D eigenvalue weighted by atomic mass is 15.7. The van der Waals surface area contributed by atoms with Gasteiger partial charge in [0.25, 0.3) is 0 Å². The molecule has 3 heteroatoms. The number of nitrogens with zero attached hydrogens (tertiary/aromatic N) is 3. The lowest BCUT2D eigenvalue weighted by molar-refractivity contribution is -0.106. The molecule has 1 saturated heterocycles. The van der Waals surface area contributed by atoms with E-state index in [2.05, 4.69) is 43.0 Å².